The van der Waals surface area contributed by atoms with Crippen LogP contribution >= 0.6 is 11.8 Å². The third-order valence-corrected chi connectivity index (χ3v) is 4.99. The van der Waals surface area contributed by atoms with E-state index in [1.165, 1.54) is 11.8 Å². The van der Waals surface area contributed by atoms with E-state index in [-0.39, 0.29) is 11.9 Å². The molecule has 1 unspecified atom stereocenters. The highest BCUT2D eigenvalue weighted by Gasteiger charge is 2.16. The average molecular weight is 359 g/mol. The Morgan fingerprint density at radius 3 is 2.46 bits per heavy atom. The van der Waals surface area contributed by atoms with E-state index < -0.39 is 0 Å². The molecule has 1 aromatic heterocycles. The van der Waals surface area contributed by atoms with Crippen molar-refractivity contribution in [2.24, 2.45) is 0 Å². The Bertz CT molecular complexity index is 951. The maximum absolute atomic E-state index is 12.8. The number of rotatable bonds is 5. The molecule has 1 amide bonds. The molecular weight excluding hydrogens is 342 g/mol. The molecule has 1 N–H and O–H groups in total. The van der Waals surface area contributed by atoms with Crippen molar-refractivity contribution in [3.63, 3.8) is 0 Å². The first-order valence-corrected chi connectivity index (χ1v) is 8.98. The predicted molar refractivity (Wildman–Crippen MR) is 102 cm³/mol. The molecule has 0 spiro atoms. The van der Waals surface area contributed by atoms with Gasteiger partial charge in [-0.1, -0.05) is 42.1 Å². The highest BCUT2D eigenvalue weighted by Crippen LogP contribution is 2.32. The van der Waals surface area contributed by atoms with Crippen LogP contribution in [-0.2, 0) is 0 Å². The van der Waals surface area contributed by atoms with E-state index >= 15 is 0 Å². The van der Waals surface area contributed by atoms with Crippen molar-refractivity contribution in [3.05, 3.63) is 89.7 Å². The Labute approximate surface area is 156 Å². The van der Waals surface area contributed by atoms with Crippen LogP contribution in [0.4, 0.5) is 0 Å². The highest BCUT2D eigenvalue weighted by molar-refractivity contribution is 7.99. The van der Waals surface area contributed by atoms with Crippen LogP contribution in [0.15, 0.2) is 82.7 Å². The zero-order valence-electron chi connectivity index (χ0n) is 14.2. The van der Waals surface area contributed by atoms with Gasteiger partial charge in [0.15, 0.2) is 0 Å². The number of nitrogens with zero attached hydrogens (tertiary/aromatic N) is 2. The number of hydrogen-bond donors (Lipinski definition) is 1. The van der Waals surface area contributed by atoms with Crippen molar-refractivity contribution in [1.29, 1.82) is 5.26 Å². The van der Waals surface area contributed by atoms with Gasteiger partial charge in [-0.25, -0.2) is 0 Å². The summed E-state index contributed by atoms with van der Waals surface area (Å²) in [7, 11) is 0. The van der Waals surface area contributed by atoms with E-state index in [4.69, 9.17) is 0 Å². The number of carbonyl (C=O) groups excluding carboxylic acids is 1. The van der Waals surface area contributed by atoms with Gasteiger partial charge in [0, 0.05) is 16.0 Å². The van der Waals surface area contributed by atoms with Crippen LogP contribution in [0, 0.1) is 11.3 Å². The third-order valence-electron chi connectivity index (χ3n) is 3.84. The fourth-order valence-electron chi connectivity index (χ4n) is 2.49. The Morgan fingerprint density at radius 1 is 1.04 bits per heavy atom. The number of amides is 1. The van der Waals surface area contributed by atoms with Gasteiger partial charge in [0.1, 0.15) is 6.07 Å². The summed E-state index contributed by atoms with van der Waals surface area (Å²) in [5.74, 6) is -0.166. The van der Waals surface area contributed by atoms with Gasteiger partial charge in [-0.3, -0.25) is 9.78 Å². The molecule has 0 aliphatic heterocycles. The van der Waals surface area contributed by atoms with Gasteiger partial charge in [0.2, 0.25) is 0 Å². The Balaban J connectivity index is 1.83. The SMILES string of the molecule is CC(NC(=O)c1ccccc1Sc1ccccc1C#N)c1ccccn1. The van der Waals surface area contributed by atoms with Crippen LogP contribution in [0.5, 0.6) is 0 Å². The average Bonchev–Trinajstić information content (AvgIpc) is 2.69. The van der Waals surface area contributed by atoms with Gasteiger partial charge in [0.25, 0.3) is 5.91 Å². The minimum absolute atomic E-state index is 0.166. The summed E-state index contributed by atoms with van der Waals surface area (Å²) in [4.78, 5) is 18.7. The topological polar surface area (TPSA) is 65.8 Å². The Morgan fingerprint density at radius 2 is 1.73 bits per heavy atom. The molecule has 26 heavy (non-hydrogen) atoms. The summed E-state index contributed by atoms with van der Waals surface area (Å²) in [6.07, 6.45) is 1.71. The molecule has 0 saturated heterocycles. The molecule has 0 aliphatic carbocycles. The molecule has 0 bridgehead atoms. The van der Waals surface area contributed by atoms with Gasteiger partial charge in [-0.2, -0.15) is 5.26 Å². The summed E-state index contributed by atoms with van der Waals surface area (Å²) in [5, 5.41) is 12.3. The first-order chi connectivity index (χ1) is 12.7. The van der Waals surface area contributed by atoms with Crippen LogP contribution in [0.1, 0.15) is 34.6 Å². The number of carbonyl (C=O) groups is 1. The first-order valence-electron chi connectivity index (χ1n) is 8.17. The van der Waals surface area contributed by atoms with Crippen molar-refractivity contribution in [2.75, 3.05) is 0 Å². The van der Waals surface area contributed by atoms with E-state index in [9.17, 15) is 10.1 Å². The standard InChI is InChI=1S/C21H17N3OS/c1-15(18-10-6-7-13-23-18)24-21(25)17-9-3-5-12-20(17)26-19-11-4-2-8-16(19)14-22/h2-13,15H,1H3,(H,24,25). The van der Waals surface area contributed by atoms with Gasteiger partial charge in [0.05, 0.1) is 22.9 Å². The smallest absolute Gasteiger partial charge is 0.252 e. The number of pyridine rings is 1. The quantitative estimate of drug-likeness (QED) is 0.723. The van der Waals surface area contributed by atoms with E-state index in [0.29, 0.717) is 11.1 Å². The van der Waals surface area contributed by atoms with Crippen LogP contribution in [-0.4, -0.2) is 10.9 Å². The molecule has 2 aromatic carbocycles. The van der Waals surface area contributed by atoms with E-state index in [1.54, 1.807) is 18.3 Å². The maximum atomic E-state index is 12.8. The minimum Gasteiger partial charge on any atom is -0.344 e. The second kappa shape index (κ2) is 8.32. The van der Waals surface area contributed by atoms with E-state index in [1.807, 2.05) is 61.5 Å². The van der Waals surface area contributed by atoms with Crippen molar-refractivity contribution in [1.82, 2.24) is 10.3 Å². The molecule has 0 radical (unpaired) electrons. The van der Waals surface area contributed by atoms with Crippen LogP contribution in [0.2, 0.25) is 0 Å². The van der Waals surface area contributed by atoms with Crippen LogP contribution < -0.4 is 5.32 Å². The largest absolute Gasteiger partial charge is 0.344 e. The number of aromatic nitrogens is 1. The Hall–Kier alpha value is -3.10. The lowest BCUT2D eigenvalue weighted by Crippen LogP contribution is -2.27. The fourth-order valence-corrected chi connectivity index (χ4v) is 3.51. The summed E-state index contributed by atoms with van der Waals surface area (Å²) < 4.78 is 0. The lowest BCUT2D eigenvalue weighted by Gasteiger charge is -2.15. The molecule has 1 atom stereocenters. The molecule has 0 fully saturated rings. The normalized spacial score (nSPS) is 11.4. The first kappa shape index (κ1) is 17.7. The lowest BCUT2D eigenvalue weighted by atomic mass is 10.1. The number of hydrogen-bond acceptors (Lipinski definition) is 4. The lowest BCUT2D eigenvalue weighted by molar-refractivity contribution is 0.0936. The van der Waals surface area contributed by atoms with E-state index in [0.717, 1.165) is 15.5 Å². The van der Waals surface area contributed by atoms with Crippen LogP contribution in [0.3, 0.4) is 0 Å². The molecule has 128 valence electrons. The summed E-state index contributed by atoms with van der Waals surface area (Å²) in [6, 6.07) is 22.4. The molecule has 5 heteroatoms. The van der Waals surface area contributed by atoms with Gasteiger partial charge in [-0.05, 0) is 43.3 Å². The number of nitriles is 1. The highest BCUT2D eigenvalue weighted by atomic mass is 32.2. The second-order valence-electron chi connectivity index (χ2n) is 5.66. The van der Waals surface area contributed by atoms with Crippen molar-refractivity contribution >= 4 is 17.7 Å². The monoisotopic (exact) mass is 359 g/mol. The zero-order valence-corrected chi connectivity index (χ0v) is 15.0. The molecule has 3 aromatic rings. The van der Waals surface area contributed by atoms with Gasteiger partial charge in [-0.15, -0.1) is 0 Å². The molecular formula is C21H17N3OS. The molecule has 0 saturated carbocycles. The summed E-state index contributed by atoms with van der Waals surface area (Å²) in [5.41, 5.74) is 1.98. The number of nitrogens with one attached hydrogen (secondary N) is 1. The third kappa shape index (κ3) is 4.11. The van der Waals surface area contributed by atoms with Gasteiger partial charge < -0.3 is 5.32 Å². The molecule has 3 rings (SSSR count). The van der Waals surface area contributed by atoms with Crippen molar-refractivity contribution in [3.8, 4) is 6.07 Å². The molecule has 4 nitrogen and oxygen atoms in total. The summed E-state index contributed by atoms with van der Waals surface area (Å²) in [6.45, 7) is 1.90. The maximum Gasteiger partial charge on any atom is 0.252 e. The fraction of sp³-hybridized carbons (Fsp3) is 0.0952. The summed E-state index contributed by atoms with van der Waals surface area (Å²) >= 11 is 1.42. The number of benzene rings is 2. The van der Waals surface area contributed by atoms with Gasteiger partial charge >= 0.3 is 0 Å². The molecule has 1 heterocycles. The minimum atomic E-state index is -0.201. The molecule has 0 aliphatic rings. The second-order valence-corrected chi connectivity index (χ2v) is 6.74. The van der Waals surface area contributed by atoms with E-state index in [2.05, 4.69) is 16.4 Å². The van der Waals surface area contributed by atoms with Crippen LogP contribution in [0.25, 0.3) is 0 Å². The van der Waals surface area contributed by atoms with Crippen molar-refractivity contribution < 1.29 is 4.79 Å². The van der Waals surface area contributed by atoms with Crippen molar-refractivity contribution in [2.45, 2.75) is 22.8 Å². The predicted octanol–water partition coefficient (Wildman–Crippen LogP) is 4.60. The zero-order chi connectivity index (χ0) is 18.4. The Kier molecular flexibility index (Phi) is 5.67.